The second-order valence-corrected chi connectivity index (χ2v) is 11.0. The van der Waals surface area contributed by atoms with Gasteiger partial charge in [0.2, 0.25) is 11.8 Å². The van der Waals surface area contributed by atoms with Crippen LogP contribution in [0.1, 0.15) is 38.3 Å². The molecule has 3 rings (SSSR count). The Bertz CT molecular complexity index is 1340. The minimum atomic E-state index is -4.08. The molecule has 0 aliphatic heterocycles. The van der Waals surface area contributed by atoms with Crippen molar-refractivity contribution in [1.29, 1.82) is 0 Å². The molecular weight excluding hydrogens is 514 g/mol. The van der Waals surface area contributed by atoms with Gasteiger partial charge < -0.3 is 15.0 Å². The number of rotatable bonds is 13. The molecular formula is C30H37N3O5S. The van der Waals surface area contributed by atoms with Crippen molar-refractivity contribution < 1.29 is 22.7 Å². The first kappa shape index (κ1) is 29.7. The van der Waals surface area contributed by atoms with Crippen molar-refractivity contribution in [2.24, 2.45) is 0 Å². The third-order valence-corrected chi connectivity index (χ3v) is 8.23. The van der Waals surface area contributed by atoms with Crippen LogP contribution in [0, 0.1) is 0 Å². The lowest BCUT2D eigenvalue weighted by Gasteiger charge is -2.32. The number of nitrogens with one attached hydrogen (secondary N) is 1. The lowest BCUT2D eigenvalue weighted by molar-refractivity contribution is -0.139. The number of hydrogen-bond donors (Lipinski definition) is 1. The maximum atomic E-state index is 13.9. The van der Waals surface area contributed by atoms with E-state index in [1.54, 1.807) is 62.6 Å². The summed E-state index contributed by atoms with van der Waals surface area (Å²) in [6.07, 6.45) is 1.54. The number of ether oxygens (including phenoxy) is 1. The second kappa shape index (κ2) is 13.8. The summed E-state index contributed by atoms with van der Waals surface area (Å²) in [5, 5.41) is 2.84. The topological polar surface area (TPSA) is 96.0 Å². The first-order chi connectivity index (χ1) is 18.7. The van der Waals surface area contributed by atoms with Gasteiger partial charge in [-0.1, -0.05) is 56.3 Å². The van der Waals surface area contributed by atoms with Gasteiger partial charge in [0.15, 0.2) is 0 Å². The highest BCUT2D eigenvalue weighted by atomic mass is 32.2. The van der Waals surface area contributed by atoms with Crippen molar-refractivity contribution >= 4 is 27.5 Å². The maximum absolute atomic E-state index is 13.9. The lowest BCUT2D eigenvalue weighted by atomic mass is 10.1. The zero-order valence-corrected chi connectivity index (χ0v) is 23.8. The predicted octanol–water partition coefficient (Wildman–Crippen LogP) is 4.40. The molecule has 208 valence electrons. The van der Waals surface area contributed by atoms with Crippen molar-refractivity contribution in [3.8, 4) is 5.75 Å². The molecule has 0 aromatic heterocycles. The largest absolute Gasteiger partial charge is 0.497 e. The van der Waals surface area contributed by atoms with E-state index in [1.807, 2.05) is 32.0 Å². The molecule has 1 atom stereocenters. The summed E-state index contributed by atoms with van der Waals surface area (Å²) in [6, 6.07) is 21.5. The molecule has 0 fully saturated rings. The molecule has 0 saturated carbocycles. The van der Waals surface area contributed by atoms with Crippen LogP contribution < -0.4 is 14.4 Å². The molecule has 0 spiro atoms. The van der Waals surface area contributed by atoms with Gasteiger partial charge in [0.05, 0.1) is 17.7 Å². The number of hydrogen-bond acceptors (Lipinski definition) is 5. The lowest BCUT2D eigenvalue weighted by Crippen LogP contribution is -2.51. The summed E-state index contributed by atoms with van der Waals surface area (Å²) >= 11 is 0. The molecule has 0 heterocycles. The zero-order chi connectivity index (χ0) is 28.4. The van der Waals surface area contributed by atoms with E-state index >= 15 is 0 Å². The molecule has 0 bridgehead atoms. The normalized spacial score (nSPS) is 11.9. The van der Waals surface area contributed by atoms with Crippen molar-refractivity contribution in [2.75, 3.05) is 24.5 Å². The summed E-state index contributed by atoms with van der Waals surface area (Å²) in [5.74, 6) is -0.193. The molecule has 39 heavy (non-hydrogen) atoms. The van der Waals surface area contributed by atoms with Gasteiger partial charge in [-0.15, -0.1) is 0 Å². The minimum absolute atomic E-state index is 0.0745. The van der Waals surface area contributed by atoms with Crippen LogP contribution >= 0.6 is 0 Å². The fourth-order valence-corrected chi connectivity index (χ4v) is 5.53. The van der Waals surface area contributed by atoms with E-state index in [0.717, 1.165) is 28.3 Å². The Morgan fingerprint density at radius 2 is 1.62 bits per heavy atom. The molecule has 0 aliphatic rings. The molecule has 9 heteroatoms. The average molecular weight is 552 g/mol. The quantitative estimate of drug-likeness (QED) is 0.340. The Hall–Kier alpha value is -3.85. The van der Waals surface area contributed by atoms with Gasteiger partial charge in [-0.25, -0.2) is 8.42 Å². The van der Waals surface area contributed by atoms with E-state index in [4.69, 9.17) is 4.74 Å². The van der Waals surface area contributed by atoms with Crippen LogP contribution in [0.3, 0.4) is 0 Å². The highest BCUT2D eigenvalue weighted by Crippen LogP contribution is 2.25. The molecule has 3 aromatic rings. The van der Waals surface area contributed by atoms with E-state index in [9.17, 15) is 18.0 Å². The molecule has 0 unspecified atom stereocenters. The van der Waals surface area contributed by atoms with Crippen LogP contribution in [-0.2, 0) is 32.6 Å². The summed E-state index contributed by atoms with van der Waals surface area (Å²) < 4.78 is 34.0. The number of sulfonamides is 1. The van der Waals surface area contributed by atoms with Gasteiger partial charge in [0.25, 0.3) is 10.0 Å². The van der Waals surface area contributed by atoms with Crippen LogP contribution in [0.25, 0.3) is 0 Å². The van der Waals surface area contributed by atoms with Gasteiger partial charge in [-0.3, -0.25) is 13.9 Å². The molecule has 2 amide bonds. The molecule has 0 aliphatic carbocycles. The summed E-state index contributed by atoms with van der Waals surface area (Å²) in [7, 11) is -2.53. The van der Waals surface area contributed by atoms with Gasteiger partial charge in [-0.2, -0.15) is 0 Å². The Labute approximate surface area is 231 Å². The summed E-state index contributed by atoms with van der Waals surface area (Å²) in [4.78, 5) is 28.3. The Morgan fingerprint density at radius 1 is 0.923 bits per heavy atom. The number of aryl methyl sites for hydroxylation is 1. The fourth-order valence-electron chi connectivity index (χ4n) is 4.09. The fraction of sp³-hybridized carbons (Fsp3) is 0.333. The Balaban J connectivity index is 2.01. The van der Waals surface area contributed by atoms with E-state index in [-0.39, 0.29) is 17.3 Å². The van der Waals surface area contributed by atoms with Crippen LogP contribution in [0.2, 0.25) is 0 Å². The van der Waals surface area contributed by atoms with E-state index in [2.05, 4.69) is 5.32 Å². The number of methoxy groups -OCH3 is 1. The highest BCUT2D eigenvalue weighted by molar-refractivity contribution is 7.92. The van der Waals surface area contributed by atoms with Crippen LogP contribution in [0.15, 0.2) is 83.8 Å². The number of benzene rings is 3. The van der Waals surface area contributed by atoms with Crippen LogP contribution in [-0.4, -0.2) is 51.4 Å². The summed E-state index contributed by atoms with van der Waals surface area (Å²) in [5.41, 5.74) is 2.17. The highest BCUT2D eigenvalue weighted by Gasteiger charge is 2.32. The standard InChI is InChI=1S/C30H37N3O5S/c1-5-19-31-30(35)23(3)32(21-25-11-10-12-27(20-25)38-4)29(34)22-33(26-17-15-24(6-2)16-18-26)39(36,37)28-13-8-7-9-14-28/h7-18,20,23H,5-6,19,21-22H2,1-4H3,(H,31,35)/t23-/m0/s1. The van der Waals surface area contributed by atoms with Gasteiger partial charge in [-0.05, 0) is 67.3 Å². The van der Waals surface area contributed by atoms with Gasteiger partial charge >= 0.3 is 0 Å². The number of nitrogens with zero attached hydrogens (tertiary/aromatic N) is 2. The van der Waals surface area contributed by atoms with Gasteiger partial charge in [0.1, 0.15) is 18.3 Å². The van der Waals surface area contributed by atoms with E-state index in [1.165, 1.54) is 17.0 Å². The average Bonchev–Trinajstić information content (AvgIpc) is 2.97. The number of amides is 2. The third-order valence-electron chi connectivity index (χ3n) is 6.45. The first-order valence-electron chi connectivity index (χ1n) is 13.1. The van der Waals surface area contributed by atoms with Crippen LogP contribution in [0.4, 0.5) is 5.69 Å². The molecule has 8 nitrogen and oxygen atoms in total. The third kappa shape index (κ3) is 7.60. The smallest absolute Gasteiger partial charge is 0.264 e. The monoisotopic (exact) mass is 551 g/mol. The van der Waals surface area contributed by atoms with E-state index in [0.29, 0.717) is 18.0 Å². The van der Waals surface area contributed by atoms with Crippen molar-refractivity contribution in [3.05, 3.63) is 90.0 Å². The van der Waals surface area contributed by atoms with Gasteiger partial charge in [0, 0.05) is 13.1 Å². The number of anilines is 1. The van der Waals surface area contributed by atoms with Crippen molar-refractivity contribution in [1.82, 2.24) is 10.2 Å². The minimum Gasteiger partial charge on any atom is -0.497 e. The first-order valence-corrected chi connectivity index (χ1v) is 14.5. The summed E-state index contributed by atoms with van der Waals surface area (Å²) in [6.45, 7) is 5.71. The molecule has 0 radical (unpaired) electrons. The SMILES string of the molecule is CCCNC(=O)[C@H](C)N(Cc1cccc(OC)c1)C(=O)CN(c1ccc(CC)cc1)S(=O)(=O)c1ccccc1. The molecule has 3 aromatic carbocycles. The number of carbonyl (C=O) groups excluding carboxylic acids is 2. The Morgan fingerprint density at radius 3 is 2.23 bits per heavy atom. The maximum Gasteiger partial charge on any atom is 0.264 e. The zero-order valence-electron chi connectivity index (χ0n) is 23.0. The Kier molecular flexibility index (Phi) is 10.5. The van der Waals surface area contributed by atoms with Crippen molar-refractivity contribution in [2.45, 2.75) is 51.1 Å². The molecule has 1 N–H and O–H groups in total. The predicted molar refractivity (Wildman–Crippen MR) is 153 cm³/mol. The molecule has 0 saturated heterocycles. The van der Waals surface area contributed by atoms with Crippen LogP contribution in [0.5, 0.6) is 5.75 Å². The second-order valence-electron chi connectivity index (χ2n) is 9.18. The van der Waals surface area contributed by atoms with E-state index < -0.39 is 28.5 Å². The number of carbonyl (C=O) groups is 2. The van der Waals surface area contributed by atoms with Crippen molar-refractivity contribution in [3.63, 3.8) is 0 Å².